The van der Waals surface area contributed by atoms with Crippen molar-refractivity contribution < 1.29 is 4.74 Å². The van der Waals surface area contributed by atoms with Crippen molar-refractivity contribution in [1.82, 2.24) is 5.32 Å². The Morgan fingerprint density at radius 1 is 1.39 bits per heavy atom. The number of hydrogen-bond donors (Lipinski definition) is 1. The lowest BCUT2D eigenvalue weighted by atomic mass is 9.98. The molecule has 1 N–H and O–H groups in total. The van der Waals surface area contributed by atoms with Crippen molar-refractivity contribution in [3.05, 3.63) is 21.3 Å². The number of halogens is 1. The molecule has 102 valence electrons. The topological polar surface area (TPSA) is 21.3 Å². The Morgan fingerprint density at radius 3 is 2.83 bits per heavy atom. The third kappa shape index (κ3) is 4.54. The normalized spacial score (nSPS) is 19.0. The zero-order chi connectivity index (χ0) is 12.8. The molecule has 1 aromatic rings. The molecular formula is C14H22ClNOS. The molecule has 1 aliphatic rings. The van der Waals surface area contributed by atoms with Crippen LogP contribution in [0, 0.1) is 0 Å². The summed E-state index contributed by atoms with van der Waals surface area (Å²) >= 11 is 7.58. The molecule has 0 bridgehead atoms. The quantitative estimate of drug-likeness (QED) is 0.783. The van der Waals surface area contributed by atoms with E-state index in [1.807, 2.05) is 6.07 Å². The monoisotopic (exact) mass is 287 g/mol. The molecular weight excluding hydrogens is 266 g/mol. The largest absolute Gasteiger partial charge is 0.377 e. The molecule has 0 spiro atoms. The third-order valence-corrected chi connectivity index (χ3v) is 4.89. The number of rotatable bonds is 6. The van der Waals surface area contributed by atoms with Crippen LogP contribution in [0.2, 0.25) is 4.34 Å². The molecule has 2 rings (SSSR count). The highest BCUT2D eigenvalue weighted by Gasteiger charge is 2.13. The van der Waals surface area contributed by atoms with Crippen LogP contribution in [0.1, 0.15) is 49.9 Å². The van der Waals surface area contributed by atoms with Gasteiger partial charge in [0.05, 0.1) is 17.0 Å². The van der Waals surface area contributed by atoms with Gasteiger partial charge in [-0.05, 0) is 31.9 Å². The lowest BCUT2D eigenvalue weighted by Gasteiger charge is -2.22. The van der Waals surface area contributed by atoms with Crippen LogP contribution in [0.4, 0.5) is 0 Å². The summed E-state index contributed by atoms with van der Waals surface area (Å²) in [5.41, 5.74) is 0. The summed E-state index contributed by atoms with van der Waals surface area (Å²) < 4.78 is 6.75. The van der Waals surface area contributed by atoms with Crippen LogP contribution < -0.4 is 5.32 Å². The van der Waals surface area contributed by atoms with Crippen LogP contribution in [0.5, 0.6) is 0 Å². The van der Waals surface area contributed by atoms with Crippen LogP contribution in [0.3, 0.4) is 0 Å². The lowest BCUT2D eigenvalue weighted by molar-refractivity contribution is 0.0296. The van der Waals surface area contributed by atoms with E-state index in [1.165, 1.54) is 37.0 Å². The second kappa shape index (κ2) is 7.49. The molecule has 4 heteroatoms. The average molecular weight is 288 g/mol. The second-order valence-corrected chi connectivity index (χ2v) is 6.70. The predicted molar refractivity (Wildman–Crippen MR) is 78.6 cm³/mol. The summed E-state index contributed by atoms with van der Waals surface area (Å²) in [6, 6.07) is 4.41. The second-order valence-electron chi connectivity index (χ2n) is 4.95. The van der Waals surface area contributed by atoms with Gasteiger partial charge in [-0.3, -0.25) is 0 Å². The molecule has 1 unspecified atom stereocenters. The van der Waals surface area contributed by atoms with E-state index in [0.29, 0.717) is 12.1 Å². The highest BCUT2D eigenvalue weighted by molar-refractivity contribution is 7.16. The van der Waals surface area contributed by atoms with Gasteiger partial charge in [-0.1, -0.05) is 30.9 Å². The first-order valence-electron chi connectivity index (χ1n) is 6.86. The van der Waals surface area contributed by atoms with E-state index in [1.54, 1.807) is 11.3 Å². The van der Waals surface area contributed by atoms with Crippen LogP contribution >= 0.6 is 22.9 Å². The summed E-state index contributed by atoms with van der Waals surface area (Å²) in [7, 11) is 0. The van der Waals surface area contributed by atoms with Gasteiger partial charge in [0.15, 0.2) is 0 Å². The van der Waals surface area contributed by atoms with Gasteiger partial charge >= 0.3 is 0 Å². The first kappa shape index (κ1) is 14.3. The molecule has 0 radical (unpaired) electrons. The third-order valence-electron chi connectivity index (χ3n) is 3.48. The Hall–Kier alpha value is -0.0900. The van der Waals surface area contributed by atoms with E-state index in [-0.39, 0.29) is 0 Å². The molecule has 1 fully saturated rings. The number of ether oxygens (including phenoxy) is 1. The van der Waals surface area contributed by atoms with Gasteiger partial charge in [0.25, 0.3) is 0 Å². The fourth-order valence-electron chi connectivity index (χ4n) is 2.39. The summed E-state index contributed by atoms with van der Waals surface area (Å²) in [5, 5.41) is 3.48. The molecule has 2 nitrogen and oxygen atoms in total. The van der Waals surface area contributed by atoms with Crippen molar-refractivity contribution in [1.29, 1.82) is 0 Å². The van der Waals surface area contributed by atoms with Crippen molar-refractivity contribution in [2.75, 3.05) is 13.2 Å². The van der Waals surface area contributed by atoms with E-state index in [2.05, 4.69) is 18.3 Å². The molecule has 1 aromatic heterocycles. The Morgan fingerprint density at radius 2 is 2.17 bits per heavy atom. The van der Waals surface area contributed by atoms with E-state index < -0.39 is 0 Å². The molecule has 18 heavy (non-hydrogen) atoms. The highest BCUT2D eigenvalue weighted by Crippen LogP contribution is 2.26. The Balaban J connectivity index is 1.60. The van der Waals surface area contributed by atoms with Gasteiger partial charge in [0, 0.05) is 17.5 Å². The van der Waals surface area contributed by atoms with Gasteiger partial charge in [-0.2, -0.15) is 0 Å². The van der Waals surface area contributed by atoms with Gasteiger partial charge in [-0.25, -0.2) is 0 Å². The minimum Gasteiger partial charge on any atom is -0.377 e. The smallest absolute Gasteiger partial charge is 0.0931 e. The fourth-order valence-corrected chi connectivity index (χ4v) is 3.48. The van der Waals surface area contributed by atoms with Crippen molar-refractivity contribution in [3.63, 3.8) is 0 Å². The summed E-state index contributed by atoms with van der Waals surface area (Å²) in [6.07, 6.45) is 7.05. The van der Waals surface area contributed by atoms with Crippen LogP contribution in [-0.4, -0.2) is 19.3 Å². The fraction of sp³-hybridized carbons (Fsp3) is 0.714. The molecule has 1 atom stereocenters. The average Bonchev–Trinajstić information content (AvgIpc) is 2.82. The summed E-state index contributed by atoms with van der Waals surface area (Å²) in [4.78, 5) is 1.29. The zero-order valence-electron chi connectivity index (χ0n) is 11.0. The van der Waals surface area contributed by atoms with Crippen molar-refractivity contribution in [3.8, 4) is 0 Å². The minimum atomic E-state index is 0.359. The highest BCUT2D eigenvalue weighted by atomic mass is 35.5. The number of thiophene rings is 1. The van der Waals surface area contributed by atoms with E-state index >= 15 is 0 Å². The lowest BCUT2D eigenvalue weighted by Crippen LogP contribution is -2.26. The number of nitrogens with one attached hydrogen (secondary N) is 1. The molecule has 0 saturated heterocycles. The molecule has 1 aliphatic carbocycles. The first-order valence-corrected chi connectivity index (χ1v) is 8.05. The zero-order valence-corrected chi connectivity index (χ0v) is 12.5. The maximum atomic E-state index is 5.93. The van der Waals surface area contributed by atoms with Gasteiger partial charge in [-0.15, -0.1) is 11.3 Å². The maximum absolute atomic E-state index is 5.93. The van der Waals surface area contributed by atoms with Gasteiger partial charge < -0.3 is 10.1 Å². The van der Waals surface area contributed by atoms with E-state index in [9.17, 15) is 0 Å². The molecule has 1 saturated carbocycles. The molecule has 1 heterocycles. The van der Waals surface area contributed by atoms with Crippen molar-refractivity contribution in [2.24, 2.45) is 0 Å². The summed E-state index contributed by atoms with van der Waals surface area (Å²) in [5.74, 6) is 0. The van der Waals surface area contributed by atoms with Crippen LogP contribution in [0.15, 0.2) is 12.1 Å². The maximum Gasteiger partial charge on any atom is 0.0931 e. The SMILES string of the molecule is CC(NCCOC1CCCCC1)c1ccc(Cl)s1. The Kier molecular flexibility index (Phi) is 5.96. The van der Waals surface area contributed by atoms with E-state index in [4.69, 9.17) is 16.3 Å². The molecule has 0 amide bonds. The molecule has 0 aliphatic heterocycles. The summed E-state index contributed by atoms with van der Waals surface area (Å²) in [6.45, 7) is 3.89. The van der Waals surface area contributed by atoms with Gasteiger partial charge in [0.2, 0.25) is 0 Å². The first-order chi connectivity index (χ1) is 8.75. The van der Waals surface area contributed by atoms with Gasteiger partial charge in [0.1, 0.15) is 0 Å². The Labute approximate surface area is 119 Å². The molecule has 0 aromatic carbocycles. The standard InChI is InChI=1S/C14H22ClNOS/c1-11(13-7-8-14(15)18-13)16-9-10-17-12-5-3-2-4-6-12/h7-8,11-12,16H,2-6,9-10H2,1H3. The van der Waals surface area contributed by atoms with E-state index in [0.717, 1.165) is 17.5 Å². The van der Waals surface area contributed by atoms with Crippen LogP contribution in [0.25, 0.3) is 0 Å². The minimum absolute atomic E-state index is 0.359. The van der Waals surface area contributed by atoms with Crippen LogP contribution in [-0.2, 0) is 4.74 Å². The number of hydrogen-bond acceptors (Lipinski definition) is 3. The van der Waals surface area contributed by atoms with Crippen molar-refractivity contribution >= 4 is 22.9 Å². The Bertz CT molecular complexity index is 349. The van der Waals surface area contributed by atoms with Crippen molar-refractivity contribution in [2.45, 2.75) is 51.2 Å². The predicted octanol–water partition coefficient (Wildman–Crippen LogP) is 4.40.